The van der Waals surface area contributed by atoms with E-state index < -0.39 is 0 Å². The van der Waals surface area contributed by atoms with Gasteiger partial charge < -0.3 is 16.0 Å². The summed E-state index contributed by atoms with van der Waals surface area (Å²) >= 11 is 1.78. The van der Waals surface area contributed by atoms with Gasteiger partial charge >= 0.3 is 0 Å². The van der Waals surface area contributed by atoms with E-state index in [0.29, 0.717) is 11.3 Å². The van der Waals surface area contributed by atoms with Gasteiger partial charge in [-0.05, 0) is 43.6 Å². The largest absolute Gasteiger partial charge is 0.399 e. The van der Waals surface area contributed by atoms with Gasteiger partial charge in [0, 0.05) is 31.5 Å². The minimum atomic E-state index is -0.0652. The lowest BCUT2D eigenvalue weighted by Gasteiger charge is -2.19. The van der Waals surface area contributed by atoms with Gasteiger partial charge in [0.1, 0.15) is 0 Å². The Morgan fingerprint density at radius 1 is 1.47 bits per heavy atom. The Morgan fingerprint density at radius 2 is 2.16 bits per heavy atom. The summed E-state index contributed by atoms with van der Waals surface area (Å²) in [5.41, 5.74) is 7.88. The van der Waals surface area contributed by atoms with Crippen LogP contribution in [0, 0.1) is 0 Å². The molecule has 106 valence electrons. The van der Waals surface area contributed by atoms with E-state index in [2.05, 4.69) is 11.6 Å². The average Bonchev–Trinajstić information content (AvgIpc) is 2.35. The summed E-state index contributed by atoms with van der Waals surface area (Å²) in [4.78, 5) is 14.2. The fraction of sp³-hybridized carbons (Fsp3) is 0.500. The molecule has 1 atom stereocenters. The lowest BCUT2D eigenvalue weighted by atomic mass is 10.1. The molecule has 0 aromatic heterocycles. The van der Waals surface area contributed by atoms with Gasteiger partial charge in [0.2, 0.25) is 0 Å². The van der Waals surface area contributed by atoms with Crippen molar-refractivity contribution in [2.75, 3.05) is 36.7 Å². The maximum absolute atomic E-state index is 12.3. The molecule has 0 radical (unpaired) electrons. The van der Waals surface area contributed by atoms with E-state index in [0.717, 1.165) is 17.9 Å². The highest BCUT2D eigenvalue weighted by molar-refractivity contribution is 7.98. The van der Waals surface area contributed by atoms with E-state index in [-0.39, 0.29) is 11.9 Å². The fourth-order valence-corrected chi connectivity index (χ4v) is 2.38. The van der Waals surface area contributed by atoms with E-state index in [4.69, 9.17) is 5.73 Å². The van der Waals surface area contributed by atoms with Crippen molar-refractivity contribution in [2.45, 2.75) is 19.4 Å². The van der Waals surface area contributed by atoms with Gasteiger partial charge in [-0.15, -0.1) is 0 Å². The first kappa shape index (κ1) is 15.7. The van der Waals surface area contributed by atoms with Crippen molar-refractivity contribution < 1.29 is 4.79 Å². The Hall–Kier alpha value is -1.36. The monoisotopic (exact) mass is 281 g/mol. The van der Waals surface area contributed by atoms with E-state index in [1.54, 1.807) is 17.8 Å². The number of anilines is 2. The molecule has 0 fully saturated rings. The third-order valence-electron chi connectivity index (χ3n) is 2.88. The van der Waals surface area contributed by atoms with Crippen LogP contribution in [0.25, 0.3) is 0 Å². The molecule has 5 heteroatoms. The van der Waals surface area contributed by atoms with Crippen LogP contribution in [-0.4, -0.2) is 38.1 Å². The van der Waals surface area contributed by atoms with E-state index in [9.17, 15) is 4.79 Å². The van der Waals surface area contributed by atoms with Gasteiger partial charge in [-0.2, -0.15) is 11.8 Å². The van der Waals surface area contributed by atoms with Gasteiger partial charge in [-0.25, -0.2) is 0 Å². The van der Waals surface area contributed by atoms with Crippen LogP contribution in [0.2, 0.25) is 0 Å². The molecule has 1 rings (SSSR count). The van der Waals surface area contributed by atoms with E-state index >= 15 is 0 Å². The van der Waals surface area contributed by atoms with E-state index in [1.807, 2.05) is 38.1 Å². The molecule has 3 N–H and O–H groups in total. The van der Waals surface area contributed by atoms with Gasteiger partial charge in [0.25, 0.3) is 5.91 Å². The molecular weight excluding hydrogens is 258 g/mol. The summed E-state index contributed by atoms with van der Waals surface area (Å²) < 4.78 is 0. The van der Waals surface area contributed by atoms with Gasteiger partial charge in [-0.1, -0.05) is 0 Å². The number of hydrogen-bond donors (Lipinski definition) is 2. The Kier molecular flexibility index (Phi) is 6.02. The highest BCUT2D eigenvalue weighted by Gasteiger charge is 2.15. The van der Waals surface area contributed by atoms with Crippen molar-refractivity contribution in [1.82, 2.24) is 5.32 Å². The number of benzene rings is 1. The Morgan fingerprint density at radius 3 is 2.74 bits per heavy atom. The van der Waals surface area contributed by atoms with Crippen LogP contribution in [0.5, 0.6) is 0 Å². The molecule has 0 spiro atoms. The minimum absolute atomic E-state index is 0.0652. The van der Waals surface area contributed by atoms with Crippen LogP contribution in [0.3, 0.4) is 0 Å². The van der Waals surface area contributed by atoms with Crippen LogP contribution in [-0.2, 0) is 0 Å². The van der Waals surface area contributed by atoms with Crippen molar-refractivity contribution in [3.8, 4) is 0 Å². The summed E-state index contributed by atoms with van der Waals surface area (Å²) in [6.45, 7) is 2.02. The molecule has 1 aromatic carbocycles. The third-order valence-corrected chi connectivity index (χ3v) is 3.52. The number of nitrogens with two attached hydrogens (primary N) is 1. The second kappa shape index (κ2) is 7.28. The molecule has 1 unspecified atom stereocenters. The SMILES string of the molecule is CSCCC(C)NC(=O)c1cc(N)ccc1N(C)C. The molecule has 19 heavy (non-hydrogen) atoms. The zero-order valence-electron chi connectivity index (χ0n) is 12.1. The van der Waals surface area contributed by atoms with Crippen LogP contribution in [0.4, 0.5) is 11.4 Å². The van der Waals surface area contributed by atoms with Crippen molar-refractivity contribution >= 4 is 29.0 Å². The number of carbonyl (C=O) groups excluding carboxylic acids is 1. The molecule has 0 aliphatic rings. The number of nitrogens with one attached hydrogen (secondary N) is 1. The normalized spacial score (nSPS) is 12.0. The minimum Gasteiger partial charge on any atom is -0.399 e. The highest BCUT2D eigenvalue weighted by Crippen LogP contribution is 2.21. The standard InChI is InChI=1S/C14H23N3OS/c1-10(7-8-19-4)16-14(18)12-9-11(15)5-6-13(12)17(2)3/h5-6,9-10H,7-8,15H2,1-4H3,(H,16,18). The van der Waals surface area contributed by atoms with Gasteiger partial charge in [0.15, 0.2) is 0 Å². The van der Waals surface area contributed by atoms with Crippen LogP contribution in [0.1, 0.15) is 23.7 Å². The van der Waals surface area contributed by atoms with Gasteiger partial charge in [0.05, 0.1) is 5.56 Å². The fourth-order valence-electron chi connectivity index (χ4n) is 1.79. The second-order valence-corrected chi connectivity index (χ2v) is 5.81. The zero-order chi connectivity index (χ0) is 14.4. The number of amides is 1. The van der Waals surface area contributed by atoms with Gasteiger partial charge in [-0.3, -0.25) is 4.79 Å². The van der Waals surface area contributed by atoms with Crippen molar-refractivity contribution in [2.24, 2.45) is 0 Å². The molecule has 4 nitrogen and oxygen atoms in total. The smallest absolute Gasteiger partial charge is 0.253 e. The number of hydrogen-bond acceptors (Lipinski definition) is 4. The topological polar surface area (TPSA) is 58.4 Å². The van der Waals surface area contributed by atoms with Crippen molar-refractivity contribution in [3.63, 3.8) is 0 Å². The molecule has 0 heterocycles. The Balaban J connectivity index is 2.83. The highest BCUT2D eigenvalue weighted by atomic mass is 32.2. The summed E-state index contributed by atoms with van der Waals surface area (Å²) in [6.07, 6.45) is 3.03. The molecule has 0 aliphatic heterocycles. The lowest BCUT2D eigenvalue weighted by Crippen LogP contribution is -2.34. The first-order valence-electron chi connectivity index (χ1n) is 6.32. The Bertz CT molecular complexity index is 435. The molecule has 0 saturated heterocycles. The summed E-state index contributed by atoms with van der Waals surface area (Å²) in [6, 6.07) is 5.57. The average molecular weight is 281 g/mol. The molecule has 0 bridgehead atoms. The lowest BCUT2D eigenvalue weighted by molar-refractivity contribution is 0.0940. The van der Waals surface area contributed by atoms with Crippen LogP contribution in [0.15, 0.2) is 18.2 Å². The number of thioether (sulfide) groups is 1. The van der Waals surface area contributed by atoms with Crippen LogP contribution >= 0.6 is 11.8 Å². The number of rotatable bonds is 6. The quantitative estimate of drug-likeness (QED) is 0.785. The van der Waals surface area contributed by atoms with Crippen molar-refractivity contribution in [3.05, 3.63) is 23.8 Å². The van der Waals surface area contributed by atoms with Crippen molar-refractivity contribution in [1.29, 1.82) is 0 Å². The molecule has 1 aromatic rings. The molecule has 0 saturated carbocycles. The number of nitrogens with zero attached hydrogens (tertiary/aromatic N) is 1. The summed E-state index contributed by atoms with van der Waals surface area (Å²) in [5.74, 6) is 0.975. The predicted octanol–water partition coefficient (Wildman–Crippen LogP) is 2.21. The first-order chi connectivity index (χ1) is 8.95. The Labute approximate surface area is 119 Å². The third kappa shape index (κ3) is 4.67. The maximum Gasteiger partial charge on any atom is 0.253 e. The second-order valence-electron chi connectivity index (χ2n) is 4.83. The molecule has 0 aliphatic carbocycles. The summed E-state index contributed by atoms with van der Waals surface area (Å²) in [5, 5.41) is 3.02. The first-order valence-corrected chi connectivity index (χ1v) is 7.71. The summed E-state index contributed by atoms with van der Waals surface area (Å²) in [7, 11) is 3.83. The maximum atomic E-state index is 12.3. The predicted molar refractivity (Wildman–Crippen MR) is 85.1 cm³/mol. The zero-order valence-corrected chi connectivity index (χ0v) is 12.9. The molecular formula is C14H23N3OS. The van der Waals surface area contributed by atoms with Crippen LogP contribution < -0.4 is 16.0 Å². The number of nitrogen functional groups attached to an aromatic ring is 1. The molecule has 1 amide bonds. The number of carbonyl (C=O) groups is 1. The van der Waals surface area contributed by atoms with E-state index in [1.165, 1.54) is 0 Å².